The normalized spacial score (nSPS) is 25.7. The molecule has 0 aliphatic heterocycles. The van der Waals surface area contributed by atoms with Crippen LogP contribution in [0.2, 0.25) is 0 Å². The SMILES string of the molecule is CC(C)NC(=O)[C@@H](C)N(Cc1cccc(Br)c1)C(=O)CN(c1ccc(C23CC4CC(CC(C4)C2)C3)cc1)S(C)(=O)=O. The molecule has 1 atom stereocenters. The Morgan fingerprint density at radius 3 is 2.07 bits per heavy atom. The number of hydrogen-bond donors (Lipinski definition) is 1. The molecular formula is C32H42BrN3O4S. The predicted molar refractivity (Wildman–Crippen MR) is 166 cm³/mol. The lowest BCUT2D eigenvalue weighted by atomic mass is 9.48. The van der Waals surface area contributed by atoms with E-state index in [0.717, 1.165) is 34.0 Å². The summed E-state index contributed by atoms with van der Waals surface area (Å²) >= 11 is 3.47. The fourth-order valence-corrected chi connectivity index (χ4v) is 9.18. The molecule has 0 aromatic heterocycles. The van der Waals surface area contributed by atoms with Crippen molar-refractivity contribution in [2.24, 2.45) is 17.8 Å². The van der Waals surface area contributed by atoms with Crippen LogP contribution < -0.4 is 9.62 Å². The van der Waals surface area contributed by atoms with Crippen molar-refractivity contribution in [1.82, 2.24) is 10.2 Å². The van der Waals surface area contributed by atoms with E-state index in [-0.39, 0.29) is 30.5 Å². The summed E-state index contributed by atoms with van der Waals surface area (Å²) in [6.07, 6.45) is 8.91. The summed E-state index contributed by atoms with van der Waals surface area (Å²) in [6.45, 7) is 5.20. The highest BCUT2D eigenvalue weighted by atomic mass is 79.9. The molecule has 0 unspecified atom stereocenters. The molecule has 4 bridgehead atoms. The van der Waals surface area contributed by atoms with Crippen LogP contribution >= 0.6 is 15.9 Å². The Kier molecular flexibility index (Phi) is 8.59. The van der Waals surface area contributed by atoms with Crippen LogP contribution in [0.3, 0.4) is 0 Å². The Balaban J connectivity index is 1.39. The van der Waals surface area contributed by atoms with Crippen molar-refractivity contribution in [3.05, 3.63) is 64.1 Å². The first kappa shape index (κ1) is 30.1. The summed E-state index contributed by atoms with van der Waals surface area (Å²) in [6, 6.07) is 14.5. The van der Waals surface area contributed by atoms with Crippen LogP contribution in [0, 0.1) is 17.8 Å². The van der Waals surface area contributed by atoms with Gasteiger partial charge in [-0.15, -0.1) is 0 Å². The number of anilines is 1. The fraction of sp³-hybridized carbons (Fsp3) is 0.562. The molecule has 0 saturated heterocycles. The van der Waals surface area contributed by atoms with Gasteiger partial charge in [0.2, 0.25) is 21.8 Å². The zero-order valence-corrected chi connectivity index (χ0v) is 26.9. The second kappa shape index (κ2) is 11.7. The minimum Gasteiger partial charge on any atom is -0.352 e. The van der Waals surface area contributed by atoms with Crippen molar-refractivity contribution in [1.29, 1.82) is 0 Å². The summed E-state index contributed by atoms with van der Waals surface area (Å²) in [7, 11) is -3.77. The molecule has 6 rings (SSSR count). The van der Waals surface area contributed by atoms with E-state index in [1.165, 1.54) is 53.3 Å². The number of carbonyl (C=O) groups is 2. The van der Waals surface area contributed by atoms with E-state index in [1.807, 2.05) is 50.2 Å². The molecule has 2 aromatic carbocycles. The molecule has 0 heterocycles. The van der Waals surface area contributed by atoms with Gasteiger partial charge in [0.05, 0.1) is 11.9 Å². The lowest BCUT2D eigenvalue weighted by Gasteiger charge is -2.57. The molecular weight excluding hydrogens is 602 g/mol. The molecule has 9 heteroatoms. The van der Waals surface area contributed by atoms with Gasteiger partial charge in [-0.25, -0.2) is 8.42 Å². The van der Waals surface area contributed by atoms with Gasteiger partial charge in [-0.1, -0.05) is 40.2 Å². The summed E-state index contributed by atoms with van der Waals surface area (Å²) in [5.41, 5.74) is 2.81. The number of hydrogen-bond acceptors (Lipinski definition) is 4. The van der Waals surface area contributed by atoms with E-state index >= 15 is 0 Å². The Morgan fingerprint density at radius 2 is 1.56 bits per heavy atom. The molecule has 222 valence electrons. The predicted octanol–water partition coefficient (Wildman–Crippen LogP) is 5.62. The highest BCUT2D eigenvalue weighted by Gasteiger charge is 2.51. The number of nitrogens with one attached hydrogen (secondary N) is 1. The molecule has 4 aliphatic carbocycles. The second-order valence-electron chi connectivity index (χ2n) is 13.0. The minimum atomic E-state index is -3.77. The number of rotatable bonds is 10. The summed E-state index contributed by atoms with van der Waals surface area (Å²) in [5, 5.41) is 2.88. The van der Waals surface area contributed by atoms with Gasteiger partial charge >= 0.3 is 0 Å². The summed E-state index contributed by atoms with van der Waals surface area (Å²) in [5.74, 6) is 1.73. The minimum absolute atomic E-state index is 0.0900. The van der Waals surface area contributed by atoms with Crippen molar-refractivity contribution >= 4 is 43.5 Å². The number of benzene rings is 2. The number of nitrogens with zero attached hydrogens (tertiary/aromatic N) is 2. The van der Waals surface area contributed by atoms with Gasteiger partial charge in [-0.05, 0) is 118 Å². The largest absolute Gasteiger partial charge is 0.352 e. The molecule has 0 spiro atoms. The topological polar surface area (TPSA) is 86.8 Å². The van der Waals surface area contributed by atoms with E-state index < -0.39 is 22.0 Å². The average molecular weight is 645 g/mol. The van der Waals surface area contributed by atoms with Gasteiger partial charge in [0.1, 0.15) is 12.6 Å². The standard InChI is InChI=1S/C32H42BrN3O4S/c1-21(2)34-31(38)22(3)35(19-23-6-5-7-28(33)15-23)30(37)20-36(41(4,39)40)29-10-8-27(9-11-29)32-16-24-12-25(17-32)14-26(13-24)18-32/h5-11,15,21-22,24-26H,12-14,16-20H2,1-4H3,(H,34,38)/t22-,24?,25?,26?,32?/m1/s1. The maximum Gasteiger partial charge on any atom is 0.244 e. The van der Waals surface area contributed by atoms with E-state index in [9.17, 15) is 18.0 Å². The van der Waals surface area contributed by atoms with E-state index in [1.54, 1.807) is 6.92 Å². The third-order valence-corrected chi connectivity index (χ3v) is 11.0. The Bertz CT molecular complexity index is 1360. The van der Waals surface area contributed by atoms with Gasteiger partial charge in [0, 0.05) is 17.1 Å². The third-order valence-electron chi connectivity index (χ3n) is 9.33. The van der Waals surface area contributed by atoms with Crippen LogP contribution in [0.5, 0.6) is 0 Å². The first-order chi connectivity index (χ1) is 19.3. The number of halogens is 1. The average Bonchev–Trinajstić information content (AvgIpc) is 2.88. The van der Waals surface area contributed by atoms with Crippen LogP contribution in [0.1, 0.15) is 70.4 Å². The molecule has 4 aliphatic rings. The Morgan fingerprint density at radius 1 is 0.976 bits per heavy atom. The first-order valence-corrected chi connectivity index (χ1v) is 17.4. The van der Waals surface area contributed by atoms with Crippen molar-refractivity contribution in [3.8, 4) is 0 Å². The van der Waals surface area contributed by atoms with Crippen LogP contribution in [0.25, 0.3) is 0 Å². The fourth-order valence-electron chi connectivity index (χ4n) is 7.88. The Hall–Kier alpha value is -2.39. The van der Waals surface area contributed by atoms with Crippen LogP contribution in [-0.2, 0) is 31.6 Å². The number of carbonyl (C=O) groups excluding carboxylic acids is 2. The molecule has 2 aromatic rings. The molecule has 41 heavy (non-hydrogen) atoms. The van der Waals surface area contributed by atoms with Crippen molar-refractivity contribution < 1.29 is 18.0 Å². The zero-order valence-electron chi connectivity index (χ0n) is 24.5. The highest BCUT2D eigenvalue weighted by Crippen LogP contribution is 2.60. The third kappa shape index (κ3) is 6.66. The first-order valence-electron chi connectivity index (χ1n) is 14.8. The molecule has 1 N–H and O–H groups in total. The maximum absolute atomic E-state index is 13.8. The Labute approximate surface area is 253 Å². The van der Waals surface area contributed by atoms with Gasteiger partial charge in [-0.3, -0.25) is 13.9 Å². The van der Waals surface area contributed by atoms with Crippen LogP contribution in [0.15, 0.2) is 53.0 Å². The highest BCUT2D eigenvalue weighted by molar-refractivity contribution is 9.10. The smallest absolute Gasteiger partial charge is 0.244 e. The molecule has 4 fully saturated rings. The van der Waals surface area contributed by atoms with Gasteiger partial charge in [0.15, 0.2) is 0 Å². The van der Waals surface area contributed by atoms with Crippen molar-refractivity contribution in [2.45, 2.75) is 83.3 Å². The van der Waals surface area contributed by atoms with E-state index in [0.29, 0.717) is 5.69 Å². The molecule has 7 nitrogen and oxygen atoms in total. The molecule has 4 saturated carbocycles. The molecule has 2 amide bonds. The van der Waals surface area contributed by atoms with Gasteiger partial charge < -0.3 is 10.2 Å². The lowest BCUT2D eigenvalue weighted by Crippen LogP contribution is -2.52. The van der Waals surface area contributed by atoms with E-state index in [2.05, 4.69) is 33.4 Å². The zero-order chi connectivity index (χ0) is 29.5. The quantitative estimate of drug-likeness (QED) is 0.364. The maximum atomic E-state index is 13.8. The van der Waals surface area contributed by atoms with Crippen molar-refractivity contribution in [3.63, 3.8) is 0 Å². The molecule has 0 radical (unpaired) electrons. The van der Waals surface area contributed by atoms with Crippen molar-refractivity contribution in [2.75, 3.05) is 17.1 Å². The number of sulfonamides is 1. The lowest BCUT2D eigenvalue weighted by molar-refractivity contribution is -0.139. The van der Waals surface area contributed by atoms with Crippen LogP contribution in [0.4, 0.5) is 5.69 Å². The van der Waals surface area contributed by atoms with E-state index in [4.69, 9.17) is 0 Å². The van der Waals surface area contributed by atoms with Gasteiger partial charge in [0.25, 0.3) is 0 Å². The summed E-state index contributed by atoms with van der Waals surface area (Å²) < 4.78 is 28.1. The van der Waals surface area contributed by atoms with Crippen LogP contribution in [-0.4, -0.2) is 50.0 Å². The van der Waals surface area contributed by atoms with Gasteiger partial charge in [-0.2, -0.15) is 0 Å². The second-order valence-corrected chi connectivity index (χ2v) is 15.8. The monoisotopic (exact) mass is 643 g/mol. The summed E-state index contributed by atoms with van der Waals surface area (Å²) in [4.78, 5) is 28.2. The number of amides is 2.